The molecule has 2 atom stereocenters. The summed E-state index contributed by atoms with van der Waals surface area (Å²) in [6, 6.07) is 0.625. The van der Waals surface area contributed by atoms with Gasteiger partial charge in [-0.3, -0.25) is 0 Å². The summed E-state index contributed by atoms with van der Waals surface area (Å²) in [5.41, 5.74) is 0. The second-order valence-electron chi connectivity index (χ2n) is 10.1. The van der Waals surface area contributed by atoms with Gasteiger partial charge in [-0.15, -0.1) is 0 Å². The van der Waals surface area contributed by atoms with Gasteiger partial charge in [0.05, 0.1) is 12.0 Å². The Morgan fingerprint density at radius 1 is 0.613 bits per heavy atom. The molecule has 0 aliphatic rings. The van der Waals surface area contributed by atoms with Crippen molar-refractivity contribution in [2.45, 2.75) is 168 Å². The fourth-order valence-electron chi connectivity index (χ4n) is 5.00. The van der Waals surface area contributed by atoms with Crippen molar-refractivity contribution in [3.63, 3.8) is 0 Å². The van der Waals surface area contributed by atoms with Gasteiger partial charge in [0, 0.05) is 0 Å². The van der Waals surface area contributed by atoms with E-state index in [-0.39, 0.29) is 0 Å². The van der Waals surface area contributed by atoms with Crippen LogP contribution < -0.4 is 4.57 Å². The van der Waals surface area contributed by atoms with Gasteiger partial charge in [-0.05, 0) is 32.6 Å². The summed E-state index contributed by atoms with van der Waals surface area (Å²) >= 11 is 0. The van der Waals surface area contributed by atoms with E-state index in [1.165, 1.54) is 134 Å². The Morgan fingerprint density at radius 2 is 1.06 bits per heavy atom. The van der Waals surface area contributed by atoms with Crippen molar-refractivity contribution in [2.75, 3.05) is 0 Å². The first-order chi connectivity index (χ1) is 15.2. The van der Waals surface area contributed by atoms with Crippen molar-refractivity contribution in [1.82, 2.24) is 4.98 Å². The van der Waals surface area contributed by atoms with E-state index in [2.05, 4.69) is 49.6 Å². The van der Waals surface area contributed by atoms with Crippen LogP contribution in [0.4, 0.5) is 0 Å². The highest BCUT2D eigenvalue weighted by atomic mass is 15.1. The summed E-state index contributed by atoms with van der Waals surface area (Å²) < 4.78 is 2.58. The molecule has 31 heavy (non-hydrogen) atoms. The van der Waals surface area contributed by atoms with E-state index < -0.39 is 0 Å². The third kappa shape index (κ3) is 13.4. The van der Waals surface area contributed by atoms with E-state index in [1.54, 1.807) is 0 Å². The molecule has 2 nitrogen and oxygen atoms in total. The minimum absolute atomic E-state index is 0.625. The minimum Gasteiger partial charge on any atom is -0.247 e. The first-order valence-corrected chi connectivity index (χ1v) is 14.3. The number of imidazole rings is 1. The van der Waals surface area contributed by atoms with Crippen LogP contribution in [0.5, 0.6) is 0 Å². The molecule has 182 valence electrons. The summed E-state index contributed by atoms with van der Waals surface area (Å²) in [6.07, 6.45) is 32.4. The molecule has 1 heterocycles. The number of nitrogens with zero attached hydrogens (tertiary/aromatic N) is 1. The summed E-state index contributed by atoms with van der Waals surface area (Å²) in [6.45, 7) is 9.37. The highest BCUT2D eigenvalue weighted by Gasteiger charge is 2.25. The van der Waals surface area contributed by atoms with Crippen LogP contribution in [0.2, 0.25) is 0 Å². The molecule has 1 aromatic heterocycles. The lowest BCUT2D eigenvalue weighted by Crippen LogP contribution is -2.41. The Hall–Kier alpha value is -0.790. The molecule has 0 fully saturated rings. The van der Waals surface area contributed by atoms with Gasteiger partial charge >= 0.3 is 0 Å². The van der Waals surface area contributed by atoms with Crippen molar-refractivity contribution < 1.29 is 4.57 Å². The van der Waals surface area contributed by atoms with E-state index >= 15 is 0 Å². The average molecular weight is 434 g/mol. The fourth-order valence-corrected chi connectivity index (χ4v) is 5.00. The minimum atomic E-state index is 0.625. The number of unbranched alkanes of at least 4 members (excludes halogenated alkanes) is 14. The molecule has 0 bridgehead atoms. The molecule has 0 aliphatic heterocycles. The monoisotopic (exact) mass is 433 g/mol. The van der Waals surface area contributed by atoms with Gasteiger partial charge in [-0.2, -0.15) is 0 Å². The maximum atomic E-state index is 3.64. The van der Waals surface area contributed by atoms with Crippen molar-refractivity contribution in [3.8, 4) is 0 Å². The third-order valence-electron chi connectivity index (χ3n) is 7.14. The summed E-state index contributed by atoms with van der Waals surface area (Å²) in [5.74, 6) is 2.21. The van der Waals surface area contributed by atoms with Crippen LogP contribution in [-0.2, 0) is 0 Å². The Kier molecular flexibility index (Phi) is 18.1. The van der Waals surface area contributed by atoms with Gasteiger partial charge in [-0.25, -0.2) is 9.55 Å². The molecule has 0 aliphatic carbocycles. The second kappa shape index (κ2) is 19.9. The van der Waals surface area contributed by atoms with Crippen molar-refractivity contribution >= 4 is 0 Å². The smallest absolute Gasteiger partial charge is 0.247 e. The number of aromatic amines is 1. The predicted molar refractivity (Wildman–Crippen MR) is 138 cm³/mol. The lowest BCUT2D eigenvalue weighted by atomic mass is 9.94. The topological polar surface area (TPSA) is 19.7 Å². The lowest BCUT2D eigenvalue weighted by Gasteiger charge is -2.17. The summed E-state index contributed by atoms with van der Waals surface area (Å²) in [4.78, 5) is 3.64. The van der Waals surface area contributed by atoms with E-state index in [1.807, 2.05) is 0 Å². The molecule has 2 heteroatoms. The number of hydrogen-bond donors (Lipinski definition) is 1. The van der Waals surface area contributed by atoms with Crippen molar-refractivity contribution in [1.29, 1.82) is 0 Å². The zero-order chi connectivity index (χ0) is 22.6. The highest BCUT2D eigenvalue weighted by molar-refractivity contribution is 4.90. The van der Waals surface area contributed by atoms with Crippen LogP contribution in [-0.4, -0.2) is 4.98 Å². The maximum absolute atomic E-state index is 3.64. The molecule has 0 saturated carbocycles. The van der Waals surface area contributed by atoms with Crippen molar-refractivity contribution in [2.24, 2.45) is 0 Å². The largest absolute Gasteiger partial charge is 0.257 e. The quantitative estimate of drug-likeness (QED) is 0.139. The molecule has 0 radical (unpaired) electrons. The molecule has 1 rings (SSSR count). The molecule has 0 saturated heterocycles. The Labute approximate surface area is 196 Å². The van der Waals surface area contributed by atoms with Gasteiger partial charge in [0.2, 0.25) is 0 Å². The van der Waals surface area contributed by atoms with Gasteiger partial charge < -0.3 is 0 Å². The maximum Gasteiger partial charge on any atom is 0.257 e. The number of hydrogen-bond acceptors (Lipinski definition) is 0. The molecule has 2 unspecified atom stereocenters. The van der Waals surface area contributed by atoms with E-state index in [0.29, 0.717) is 12.0 Å². The second-order valence-corrected chi connectivity index (χ2v) is 10.1. The predicted octanol–water partition coefficient (Wildman–Crippen LogP) is 9.81. The molecule has 0 amide bonds. The van der Waals surface area contributed by atoms with E-state index in [9.17, 15) is 0 Å². The van der Waals surface area contributed by atoms with Crippen LogP contribution in [0, 0.1) is 0 Å². The zero-order valence-electron chi connectivity index (χ0n) is 21.9. The molecule has 0 spiro atoms. The number of H-pyrrole nitrogens is 1. The number of aromatic nitrogens is 2. The van der Waals surface area contributed by atoms with Gasteiger partial charge in [0.1, 0.15) is 12.4 Å². The van der Waals surface area contributed by atoms with Crippen LogP contribution in [0.15, 0.2) is 12.4 Å². The van der Waals surface area contributed by atoms with Crippen LogP contribution in [0.25, 0.3) is 0 Å². The lowest BCUT2D eigenvalue weighted by molar-refractivity contribution is -0.727. The molecule has 0 aromatic carbocycles. The fraction of sp³-hybridized carbons (Fsp3) is 0.897. The standard InChI is InChI=1S/C29H56N2/c1-5-8-11-13-14-15-16-17-18-19-20-22-27(4)31-26-25-30-29(31)28(23-10-7-3)24-21-12-9-6-2/h25-28H,5-24H2,1-4H3/p+1. The van der Waals surface area contributed by atoms with E-state index in [0.717, 1.165) is 0 Å². The number of rotatable bonds is 22. The Balaban J connectivity index is 2.30. The van der Waals surface area contributed by atoms with E-state index in [4.69, 9.17) is 0 Å². The molecular formula is C29H57N2+. The highest BCUT2D eigenvalue weighted by Crippen LogP contribution is 2.26. The Morgan fingerprint density at radius 3 is 1.65 bits per heavy atom. The number of nitrogens with one attached hydrogen (secondary N) is 1. The van der Waals surface area contributed by atoms with Crippen LogP contribution in [0.1, 0.15) is 174 Å². The summed E-state index contributed by atoms with van der Waals surface area (Å²) in [5, 5.41) is 0. The van der Waals surface area contributed by atoms with Crippen LogP contribution >= 0.6 is 0 Å². The van der Waals surface area contributed by atoms with Gasteiger partial charge in [0.25, 0.3) is 5.82 Å². The summed E-state index contributed by atoms with van der Waals surface area (Å²) in [7, 11) is 0. The average Bonchev–Trinajstić information content (AvgIpc) is 3.27. The third-order valence-corrected chi connectivity index (χ3v) is 7.14. The Bertz CT molecular complexity index is 493. The normalized spacial score (nSPS) is 13.5. The first kappa shape index (κ1) is 28.2. The zero-order valence-corrected chi connectivity index (χ0v) is 21.9. The first-order valence-electron chi connectivity index (χ1n) is 14.3. The van der Waals surface area contributed by atoms with Gasteiger partial charge in [0.15, 0.2) is 0 Å². The SMILES string of the molecule is CCCCCCCCCCCCCC(C)[n+]1cc[nH]c1C(CCCC)CCCCCC. The van der Waals surface area contributed by atoms with Gasteiger partial charge in [-0.1, -0.05) is 124 Å². The molecule has 1 aromatic rings. The van der Waals surface area contributed by atoms with Crippen molar-refractivity contribution in [3.05, 3.63) is 18.2 Å². The van der Waals surface area contributed by atoms with Crippen LogP contribution in [0.3, 0.4) is 0 Å². The molecular weight excluding hydrogens is 376 g/mol. The molecule has 1 N–H and O–H groups in total.